The maximum atomic E-state index is 11.6. The lowest BCUT2D eigenvalue weighted by Crippen LogP contribution is -2.09. The molecule has 0 atom stereocenters. The second-order valence-electron chi connectivity index (χ2n) is 6.73. The van der Waals surface area contributed by atoms with Crippen LogP contribution in [0.3, 0.4) is 0 Å². The van der Waals surface area contributed by atoms with Crippen molar-refractivity contribution in [3.8, 4) is 17.0 Å². The van der Waals surface area contributed by atoms with Gasteiger partial charge in [-0.3, -0.25) is 4.79 Å². The van der Waals surface area contributed by atoms with Gasteiger partial charge in [0.2, 0.25) is 5.88 Å². The van der Waals surface area contributed by atoms with E-state index < -0.39 is 0 Å². The van der Waals surface area contributed by atoms with Gasteiger partial charge in [-0.05, 0) is 17.7 Å². The van der Waals surface area contributed by atoms with Crippen molar-refractivity contribution in [2.75, 3.05) is 20.3 Å². The maximum Gasteiger partial charge on any atom is 0.222 e. The Hall–Kier alpha value is -3.90. The molecule has 0 bridgehead atoms. The van der Waals surface area contributed by atoms with Crippen LogP contribution >= 0.6 is 0 Å². The average molecular weight is 411 g/mol. The van der Waals surface area contributed by atoms with Crippen LogP contribution in [-0.2, 0) is 9.53 Å². The number of rotatable bonds is 8. The van der Waals surface area contributed by atoms with Crippen LogP contribution < -0.4 is 4.74 Å². The molecule has 6 nitrogen and oxygen atoms in total. The first-order valence-electron chi connectivity index (χ1n) is 9.84. The van der Waals surface area contributed by atoms with Gasteiger partial charge in [0.1, 0.15) is 19.2 Å². The minimum Gasteiger partial charge on any atom is -0.475 e. The van der Waals surface area contributed by atoms with Gasteiger partial charge in [-0.1, -0.05) is 48.5 Å². The molecule has 31 heavy (non-hydrogen) atoms. The fraction of sp³-hybridized carbons (Fsp3) is 0.120. The third-order valence-corrected chi connectivity index (χ3v) is 4.82. The number of hydrogen-bond donors (Lipinski definition) is 0. The highest BCUT2D eigenvalue weighted by molar-refractivity contribution is 6.05. The Bertz CT molecular complexity index is 1210. The summed E-state index contributed by atoms with van der Waals surface area (Å²) in [7, 11) is 1.62. The zero-order valence-corrected chi connectivity index (χ0v) is 17.1. The van der Waals surface area contributed by atoms with Crippen LogP contribution in [0.25, 0.3) is 27.6 Å². The molecule has 4 aromatic rings. The summed E-state index contributed by atoms with van der Waals surface area (Å²) in [6.45, 7) is 0.735. The van der Waals surface area contributed by atoms with Crippen LogP contribution in [0.2, 0.25) is 0 Å². The lowest BCUT2D eigenvalue weighted by atomic mass is 9.89. The minimum absolute atomic E-state index is 0.322. The number of fused-ring (bicyclic) bond motifs is 1. The summed E-state index contributed by atoms with van der Waals surface area (Å²) in [5, 5.41) is 0.955. The first-order chi connectivity index (χ1) is 15.3. The van der Waals surface area contributed by atoms with E-state index in [9.17, 15) is 4.79 Å². The van der Waals surface area contributed by atoms with Crippen molar-refractivity contribution in [1.82, 2.24) is 15.0 Å². The second-order valence-corrected chi connectivity index (χ2v) is 6.73. The summed E-state index contributed by atoms with van der Waals surface area (Å²) in [5.41, 5.74) is 4.76. The number of pyridine rings is 1. The van der Waals surface area contributed by atoms with Crippen LogP contribution in [0.1, 0.15) is 11.1 Å². The van der Waals surface area contributed by atoms with Crippen molar-refractivity contribution in [3.63, 3.8) is 0 Å². The predicted molar refractivity (Wildman–Crippen MR) is 120 cm³/mol. The summed E-state index contributed by atoms with van der Waals surface area (Å²) in [6.07, 6.45) is 7.05. The Balaban J connectivity index is 2.08. The number of para-hydroxylation sites is 1. The molecule has 6 heteroatoms. The number of hydrogen-bond acceptors (Lipinski definition) is 6. The number of allylic oxidation sites excluding steroid dienone is 1. The highest BCUT2D eigenvalue weighted by Gasteiger charge is 2.22. The average Bonchev–Trinajstić information content (AvgIpc) is 2.83. The van der Waals surface area contributed by atoms with E-state index in [1.807, 2.05) is 54.6 Å². The van der Waals surface area contributed by atoms with Crippen molar-refractivity contribution in [3.05, 3.63) is 90.5 Å². The fourth-order valence-corrected chi connectivity index (χ4v) is 3.50. The van der Waals surface area contributed by atoms with Crippen molar-refractivity contribution in [1.29, 1.82) is 0 Å². The molecule has 0 radical (unpaired) electrons. The van der Waals surface area contributed by atoms with Gasteiger partial charge in [0, 0.05) is 41.6 Å². The third kappa shape index (κ3) is 4.34. The molecule has 4 rings (SSSR count). The third-order valence-electron chi connectivity index (χ3n) is 4.82. The molecular weight excluding hydrogens is 390 g/mol. The molecule has 0 saturated heterocycles. The van der Waals surface area contributed by atoms with E-state index in [-0.39, 0.29) is 0 Å². The first-order valence-corrected chi connectivity index (χ1v) is 9.84. The smallest absolute Gasteiger partial charge is 0.222 e. The number of nitrogens with zero attached hydrogens (tertiary/aromatic N) is 3. The quantitative estimate of drug-likeness (QED) is 0.244. The van der Waals surface area contributed by atoms with Gasteiger partial charge in [0.15, 0.2) is 0 Å². The minimum atomic E-state index is 0.322. The summed E-state index contributed by atoms with van der Waals surface area (Å²) in [6, 6.07) is 17.9. The molecule has 0 spiro atoms. The topological polar surface area (TPSA) is 74.2 Å². The van der Waals surface area contributed by atoms with E-state index in [2.05, 4.69) is 9.97 Å². The van der Waals surface area contributed by atoms with Crippen LogP contribution in [0.5, 0.6) is 5.88 Å². The molecule has 0 saturated carbocycles. The molecule has 0 fully saturated rings. The normalized spacial score (nSPS) is 11.5. The van der Waals surface area contributed by atoms with Gasteiger partial charge in [0.05, 0.1) is 17.7 Å². The molecule has 0 unspecified atom stereocenters. The largest absolute Gasteiger partial charge is 0.475 e. The number of aromatic nitrogens is 3. The van der Waals surface area contributed by atoms with E-state index in [0.717, 1.165) is 28.3 Å². The van der Waals surface area contributed by atoms with Gasteiger partial charge in [-0.15, -0.1) is 0 Å². The number of carbonyl (C=O) groups excluding carboxylic acids is 1. The summed E-state index contributed by atoms with van der Waals surface area (Å²) >= 11 is 0. The SMILES string of the molecule is COCCOc1nc2ccccc2c(-c2ccccc2)c1/C(=C/C=O)c1cncnc1. The number of aldehydes is 1. The highest BCUT2D eigenvalue weighted by atomic mass is 16.5. The number of methoxy groups -OCH3 is 1. The molecule has 0 N–H and O–H groups in total. The van der Waals surface area contributed by atoms with Crippen molar-refractivity contribution in [2.24, 2.45) is 0 Å². The zero-order chi connectivity index (χ0) is 21.5. The van der Waals surface area contributed by atoms with Gasteiger partial charge in [0.25, 0.3) is 0 Å². The summed E-state index contributed by atoms with van der Waals surface area (Å²) in [5.74, 6) is 0.423. The van der Waals surface area contributed by atoms with Crippen molar-refractivity contribution < 1.29 is 14.3 Å². The Morgan fingerprint density at radius 2 is 1.71 bits per heavy atom. The zero-order valence-electron chi connectivity index (χ0n) is 17.1. The molecule has 2 heterocycles. The molecule has 0 amide bonds. The molecule has 2 aromatic carbocycles. The summed E-state index contributed by atoms with van der Waals surface area (Å²) < 4.78 is 11.2. The number of benzene rings is 2. The number of carbonyl (C=O) groups is 1. The lowest BCUT2D eigenvalue weighted by molar-refractivity contribution is -0.104. The lowest BCUT2D eigenvalue weighted by Gasteiger charge is -2.19. The van der Waals surface area contributed by atoms with E-state index in [4.69, 9.17) is 14.5 Å². The number of ether oxygens (including phenoxy) is 2. The van der Waals surface area contributed by atoms with Gasteiger partial charge >= 0.3 is 0 Å². The molecule has 0 aliphatic carbocycles. The van der Waals surface area contributed by atoms with E-state index in [1.165, 1.54) is 12.4 Å². The Morgan fingerprint density at radius 3 is 2.45 bits per heavy atom. The van der Waals surface area contributed by atoms with E-state index >= 15 is 0 Å². The van der Waals surface area contributed by atoms with Gasteiger partial charge in [-0.2, -0.15) is 0 Å². The Labute approximate surface area is 180 Å². The highest BCUT2D eigenvalue weighted by Crippen LogP contribution is 2.42. The molecule has 0 aliphatic rings. The monoisotopic (exact) mass is 411 g/mol. The Kier molecular flexibility index (Phi) is 6.40. The summed E-state index contributed by atoms with van der Waals surface area (Å²) in [4.78, 5) is 24.7. The van der Waals surface area contributed by atoms with Crippen LogP contribution in [-0.4, -0.2) is 41.6 Å². The van der Waals surface area contributed by atoms with Crippen molar-refractivity contribution in [2.45, 2.75) is 0 Å². The predicted octanol–water partition coefficient (Wildman–Crippen LogP) is 4.35. The second kappa shape index (κ2) is 9.73. The Morgan fingerprint density at radius 1 is 0.968 bits per heavy atom. The molecule has 2 aromatic heterocycles. The standard InChI is InChI=1S/C25H21N3O3/c1-30-13-14-31-25-24(20(11-12-29)19-15-26-17-27-16-19)23(18-7-3-2-4-8-18)21-9-5-6-10-22(21)28-25/h2-12,15-17H,13-14H2,1H3/b20-11+. The van der Waals surface area contributed by atoms with E-state index in [1.54, 1.807) is 19.5 Å². The molecule has 0 aliphatic heterocycles. The molecule has 154 valence electrons. The molecular formula is C25H21N3O3. The van der Waals surface area contributed by atoms with Crippen LogP contribution in [0.15, 0.2) is 79.4 Å². The van der Waals surface area contributed by atoms with Crippen LogP contribution in [0.4, 0.5) is 0 Å². The van der Waals surface area contributed by atoms with Crippen molar-refractivity contribution >= 4 is 22.8 Å². The van der Waals surface area contributed by atoms with Gasteiger partial charge in [-0.25, -0.2) is 15.0 Å². The maximum absolute atomic E-state index is 11.6. The van der Waals surface area contributed by atoms with Gasteiger partial charge < -0.3 is 9.47 Å². The van der Waals surface area contributed by atoms with E-state index in [0.29, 0.717) is 35.8 Å². The van der Waals surface area contributed by atoms with Crippen LogP contribution in [0, 0.1) is 0 Å². The fourth-order valence-electron chi connectivity index (χ4n) is 3.50. The first kappa shape index (κ1) is 20.4.